The normalized spacial score (nSPS) is 11.9. The maximum atomic E-state index is 12.4. The fourth-order valence-corrected chi connectivity index (χ4v) is 3.15. The number of carbonyl (C=O) groups excluding carboxylic acids is 1. The summed E-state index contributed by atoms with van der Waals surface area (Å²) >= 11 is 1.24. The van der Waals surface area contributed by atoms with Gasteiger partial charge in [-0.2, -0.15) is 0 Å². The Labute approximate surface area is 163 Å². The van der Waals surface area contributed by atoms with E-state index < -0.39 is 0 Å². The van der Waals surface area contributed by atoms with Crippen molar-refractivity contribution in [3.8, 4) is 11.5 Å². The van der Waals surface area contributed by atoms with Crippen LogP contribution in [0.5, 0.6) is 0 Å². The summed E-state index contributed by atoms with van der Waals surface area (Å²) in [6.45, 7) is 3.80. The fourth-order valence-electron chi connectivity index (χ4n) is 2.47. The molecule has 0 unspecified atom stereocenters. The van der Waals surface area contributed by atoms with Gasteiger partial charge < -0.3 is 14.6 Å². The van der Waals surface area contributed by atoms with Crippen molar-refractivity contribution in [1.29, 1.82) is 0 Å². The molecule has 1 aromatic heterocycles. The van der Waals surface area contributed by atoms with Crippen LogP contribution in [0.15, 0.2) is 58.2 Å². The van der Waals surface area contributed by atoms with E-state index >= 15 is 0 Å². The Morgan fingerprint density at radius 3 is 2.48 bits per heavy atom. The second-order valence-electron chi connectivity index (χ2n) is 6.38. The molecule has 2 aromatic carbocycles. The predicted molar refractivity (Wildman–Crippen MR) is 109 cm³/mol. The minimum Gasteiger partial charge on any atom is -0.411 e. The largest absolute Gasteiger partial charge is 0.411 e. The first-order valence-electron chi connectivity index (χ1n) is 8.58. The third-order valence-corrected chi connectivity index (χ3v) is 5.01. The Kier molecular flexibility index (Phi) is 5.81. The summed E-state index contributed by atoms with van der Waals surface area (Å²) in [5.74, 6) is 0.343. The van der Waals surface area contributed by atoms with Crippen molar-refractivity contribution < 1.29 is 9.21 Å². The molecule has 1 N–H and O–H groups in total. The highest BCUT2D eigenvalue weighted by Gasteiger charge is 2.19. The van der Waals surface area contributed by atoms with Crippen molar-refractivity contribution >= 4 is 29.0 Å². The quantitative estimate of drug-likeness (QED) is 0.643. The number of nitrogens with zero attached hydrogens (tertiary/aromatic N) is 3. The van der Waals surface area contributed by atoms with Crippen LogP contribution in [-0.2, 0) is 4.79 Å². The number of hydrogen-bond acceptors (Lipinski definition) is 6. The summed E-state index contributed by atoms with van der Waals surface area (Å²) in [5, 5.41) is 11.1. The Bertz CT molecular complexity index is 922. The van der Waals surface area contributed by atoms with Crippen LogP contribution in [0.1, 0.15) is 12.5 Å². The molecule has 0 spiro atoms. The van der Waals surface area contributed by atoms with Crippen LogP contribution >= 0.6 is 11.8 Å². The SMILES string of the molecule is Cc1ccccc1-c1nnc(S[C@H](C)C(=O)Nc2ccc(N(C)C)cc2)o1. The van der Waals surface area contributed by atoms with Gasteiger partial charge >= 0.3 is 0 Å². The second-order valence-corrected chi connectivity index (χ2v) is 7.67. The van der Waals surface area contributed by atoms with Crippen LogP contribution in [0, 0.1) is 6.92 Å². The number of nitrogens with one attached hydrogen (secondary N) is 1. The molecular weight excluding hydrogens is 360 g/mol. The topological polar surface area (TPSA) is 71.3 Å². The fraction of sp³-hybridized carbons (Fsp3) is 0.250. The van der Waals surface area contributed by atoms with E-state index in [9.17, 15) is 4.79 Å². The van der Waals surface area contributed by atoms with Crippen LogP contribution in [0.3, 0.4) is 0 Å². The van der Waals surface area contributed by atoms with Crippen LogP contribution < -0.4 is 10.2 Å². The van der Waals surface area contributed by atoms with E-state index in [4.69, 9.17) is 4.42 Å². The van der Waals surface area contributed by atoms with Gasteiger partial charge in [0.1, 0.15) is 0 Å². The third kappa shape index (κ3) is 4.68. The Hall–Kier alpha value is -2.80. The number of carbonyl (C=O) groups is 1. The number of anilines is 2. The molecule has 6 nitrogen and oxygen atoms in total. The number of rotatable bonds is 6. The van der Waals surface area contributed by atoms with Crippen LogP contribution in [0.4, 0.5) is 11.4 Å². The standard InChI is InChI=1S/C20H22N4O2S/c1-13-7-5-6-8-17(13)19-22-23-20(26-19)27-14(2)18(25)21-15-9-11-16(12-10-15)24(3)4/h5-12,14H,1-4H3,(H,21,25)/t14-/m1/s1. The molecule has 0 saturated heterocycles. The molecule has 7 heteroatoms. The number of amides is 1. The van der Waals surface area contributed by atoms with Crippen molar-refractivity contribution in [2.75, 3.05) is 24.3 Å². The molecule has 1 heterocycles. The van der Waals surface area contributed by atoms with Crippen LogP contribution in [0.2, 0.25) is 0 Å². The molecule has 0 fully saturated rings. The molecule has 27 heavy (non-hydrogen) atoms. The number of hydrogen-bond donors (Lipinski definition) is 1. The van der Waals surface area contributed by atoms with E-state index in [1.54, 1.807) is 0 Å². The zero-order valence-corrected chi connectivity index (χ0v) is 16.6. The van der Waals surface area contributed by atoms with Crippen molar-refractivity contribution in [3.05, 3.63) is 54.1 Å². The van der Waals surface area contributed by atoms with Crippen molar-refractivity contribution in [3.63, 3.8) is 0 Å². The van der Waals surface area contributed by atoms with Gasteiger partial charge in [0.25, 0.3) is 5.22 Å². The maximum absolute atomic E-state index is 12.4. The molecule has 0 radical (unpaired) electrons. The number of aromatic nitrogens is 2. The van der Waals surface area contributed by atoms with E-state index in [0.29, 0.717) is 11.1 Å². The van der Waals surface area contributed by atoms with Gasteiger partial charge in [-0.1, -0.05) is 30.0 Å². The van der Waals surface area contributed by atoms with Gasteiger partial charge in [0.15, 0.2) is 0 Å². The molecule has 0 aliphatic carbocycles. The van der Waals surface area contributed by atoms with Gasteiger partial charge in [-0.3, -0.25) is 4.79 Å². The highest BCUT2D eigenvalue weighted by atomic mass is 32.2. The Morgan fingerprint density at radius 1 is 1.11 bits per heavy atom. The van der Waals surface area contributed by atoms with E-state index in [2.05, 4.69) is 15.5 Å². The molecule has 0 aliphatic rings. The minimum atomic E-state index is -0.372. The summed E-state index contributed by atoms with van der Waals surface area (Å²) in [5.41, 5.74) is 3.79. The Balaban J connectivity index is 1.62. The van der Waals surface area contributed by atoms with Crippen molar-refractivity contribution in [2.24, 2.45) is 0 Å². The van der Waals surface area contributed by atoms with Gasteiger partial charge in [0, 0.05) is 31.0 Å². The molecule has 1 amide bonds. The summed E-state index contributed by atoms with van der Waals surface area (Å²) in [6.07, 6.45) is 0. The summed E-state index contributed by atoms with van der Waals surface area (Å²) in [6, 6.07) is 15.5. The van der Waals surface area contributed by atoms with E-state index in [1.807, 2.05) is 81.4 Å². The van der Waals surface area contributed by atoms with E-state index in [-0.39, 0.29) is 11.2 Å². The van der Waals surface area contributed by atoms with Crippen molar-refractivity contribution in [2.45, 2.75) is 24.3 Å². The zero-order valence-electron chi connectivity index (χ0n) is 15.8. The first-order chi connectivity index (χ1) is 12.9. The Morgan fingerprint density at radius 2 is 1.81 bits per heavy atom. The minimum absolute atomic E-state index is 0.117. The lowest BCUT2D eigenvalue weighted by atomic mass is 10.1. The van der Waals surface area contributed by atoms with Crippen molar-refractivity contribution in [1.82, 2.24) is 10.2 Å². The molecule has 0 saturated carbocycles. The molecule has 140 valence electrons. The monoisotopic (exact) mass is 382 g/mol. The third-order valence-electron chi connectivity index (χ3n) is 4.08. The average Bonchev–Trinajstić information content (AvgIpc) is 3.10. The first-order valence-corrected chi connectivity index (χ1v) is 9.46. The molecule has 0 bridgehead atoms. The zero-order chi connectivity index (χ0) is 19.4. The highest BCUT2D eigenvalue weighted by molar-refractivity contribution is 8.00. The molecule has 1 atom stereocenters. The summed E-state index contributed by atoms with van der Waals surface area (Å²) < 4.78 is 5.72. The lowest BCUT2D eigenvalue weighted by molar-refractivity contribution is -0.115. The predicted octanol–water partition coefficient (Wildman–Crippen LogP) is 4.23. The summed E-state index contributed by atoms with van der Waals surface area (Å²) in [7, 11) is 3.95. The van der Waals surface area contributed by atoms with Gasteiger partial charge in [0.2, 0.25) is 11.8 Å². The average molecular weight is 382 g/mol. The highest BCUT2D eigenvalue weighted by Crippen LogP contribution is 2.28. The smallest absolute Gasteiger partial charge is 0.277 e. The summed E-state index contributed by atoms with van der Waals surface area (Å²) in [4.78, 5) is 14.4. The first kappa shape index (κ1) is 19.0. The van der Waals surface area contributed by atoms with E-state index in [0.717, 1.165) is 22.5 Å². The van der Waals surface area contributed by atoms with Crippen LogP contribution in [-0.4, -0.2) is 35.4 Å². The van der Waals surface area contributed by atoms with Gasteiger partial charge in [-0.05, 0) is 49.7 Å². The molecular formula is C20H22N4O2S. The molecule has 0 aliphatic heterocycles. The molecule has 3 rings (SSSR count). The molecule has 3 aromatic rings. The van der Waals surface area contributed by atoms with Gasteiger partial charge in [-0.15, -0.1) is 10.2 Å². The number of aryl methyl sites for hydroxylation is 1. The lowest BCUT2D eigenvalue weighted by Gasteiger charge is -2.14. The lowest BCUT2D eigenvalue weighted by Crippen LogP contribution is -2.22. The second kappa shape index (κ2) is 8.26. The number of benzene rings is 2. The maximum Gasteiger partial charge on any atom is 0.277 e. The van der Waals surface area contributed by atoms with Gasteiger partial charge in [0.05, 0.1) is 5.25 Å². The number of thioether (sulfide) groups is 1. The van der Waals surface area contributed by atoms with E-state index in [1.165, 1.54) is 11.8 Å². The van der Waals surface area contributed by atoms with Crippen LogP contribution in [0.25, 0.3) is 11.5 Å². The van der Waals surface area contributed by atoms with Gasteiger partial charge in [-0.25, -0.2) is 0 Å².